The first kappa shape index (κ1) is 22.0. The molecule has 2 aliphatic rings. The lowest BCUT2D eigenvalue weighted by atomic mass is 9.96. The Labute approximate surface area is 196 Å². The molecule has 0 saturated heterocycles. The molecule has 0 unspecified atom stereocenters. The van der Waals surface area contributed by atoms with Gasteiger partial charge < -0.3 is 24.6 Å². The smallest absolute Gasteiger partial charge is 0.260 e. The van der Waals surface area contributed by atoms with E-state index < -0.39 is 0 Å². The summed E-state index contributed by atoms with van der Waals surface area (Å²) in [6.45, 7) is 1.65. The van der Waals surface area contributed by atoms with Gasteiger partial charge in [-0.15, -0.1) is 10.2 Å². The van der Waals surface area contributed by atoms with Crippen molar-refractivity contribution in [3.63, 3.8) is 0 Å². The number of aliphatic hydroxyl groups excluding tert-OH is 1. The zero-order valence-electron chi connectivity index (χ0n) is 19.0. The summed E-state index contributed by atoms with van der Waals surface area (Å²) in [6.07, 6.45) is 2.70. The number of aromatic nitrogens is 4. The van der Waals surface area contributed by atoms with Crippen LogP contribution in [0.5, 0.6) is 5.75 Å². The van der Waals surface area contributed by atoms with E-state index >= 15 is 0 Å². The third kappa shape index (κ3) is 4.12. The molecular formula is C24H26N6O4. The van der Waals surface area contributed by atoms with Gasteiger partial charge in [0.25, 0.3) is 5.91 Å². The molecule has 0 fully saturated rings. The number of benzene rings is 1. The summed E-state index contributed by atoms with van der Waals surface area (Å²) >= 11 is 0. The number of hydrogen-bond acceptors (Lipinski definition) is 7. The lowest BCUT2D eigenvalue weighted by Crippen LogP contribution is -2.36. The SMILES string of the molecule is COc1cc2c(cc1C(=O)Nc1cccc(-c3nnc4n3CCC4)n1)CN(C(=O)CCO)CC2. The van der Waals surface area contributed by atoms with Crippen LogP contribution in [0.15, 0.2) is 30.3 Å². The van der Waals surface area contributed by atoms with Crippen LogP contribution < -0.4 is 10.1 Å². The molecule has 10 nitrogen and oxygen atoms in total. The maximum Gasteiger partial charge on any atom is 0.260 e. The van der Waals surface area contributed by atoms with Crippen LogP contribution in [0.2, 0.25) is 0 Å². The summed E-state index contributed by atoms with van der Waals surface area (Å²) in [7, 11) is 1.53. The molecule has 0 radical (unpaired) electrons. The Hall–Kier alpha value is -3.79. The molecule has 0 bridgehead atoms. The Bertz CT molecular complexity index is 1250. The molecule has 2 N–H and O–H groups in total. The van der Waals surface area contributed by atoms with Crippen molar-refractivity contribution in [2.75, 3.05) is 25.6 Å². The predicted molar refractivity (Wildman–Crippen MR) is 123 cm³/mol. The van der Waals surface area contributed by atoms with E-state index in [2.05, 4.69) is 25.1 Å². The number of anilines is 1. The van der Waals surface area contributed by atoms with Crippen LogP contribution >= 0.6 is 0 Å². The highest BCUT2D eigenvalue weighted by atomic mass is 16.5. The molecule has 10 heteroatoms. The fourth-order valence-corrected chi connectivity index (χ4v) is 4.55. The Kier molecular flexibility index (Phi) is 5.97. The minimum Gasteiger partial charge on any atom is -0.496 e. The first-order valence-corrected chi connectivity index (χ1v) is 11.4. The van der Waals surface area contributed by atoms with Crippen molar-refractivity contribution in [2.24, 2.45) is 0 Å². The highest BCUT2D eigenvalue weighted by molar-refractivity contribution is 6.06. The van der Waals surface area contributed by atoms with Gasteiger partial charge in [0.2, 0.25) is 5.91 Å². The Morgan fingerprint density at radius 1 is 1.15 bits per heavy atom. The Balaban J connectivity index is 1.39. The molecule has 0 atom stereocenters. The van der Waals surface area contributed by atoms with E-state index in [1.807, 2.05) is 18.2 Å². The van der Waals surface area contributed by atoms with Crippen molar-refractivity contribution in [3.05, 3.63) is 52.8 Å². The summed E-state index contributed by atoms with van der Waals surface area (Å²) in [6, 6.07) is 9.04. The number of pyridine rings is 1. The number of aliphatic hydroxyl groups is 1. The van der Waals surface area contributed by atoms with E-state index in [9.17, 15) is 9.59 Å². The standard InChI is InChI=1S/C24H26N6O4/c1-34-19-13-15-7-10-29(22(32)8-11-31)14-16(15)12-17(19)24(33)26-20-5-2-4-18(25-20)23-28-27-21-6-3-9-30(21)23/h2,4-5,12-13,31H,3,6-11,14H2,1H3,(H,25,26,33). The number of nitrogens with zero attached hydrogens (tertiary/aromatic N) is 5. The van der Waals surface area contributed by atoms with Crippen LogP contribution in [0.4, 0.5) is 5.82 Å². The number of fused-ring (bicyclic) bond motifs is 2. The van der Waals surface area contributed by atoms with Crippen LogP contribution in [0, 0.1) is 0 Å². The zero-order valence-corrected chi connectivity index (χ0v) is 19.0. The van der Waals surface area contributed by atoms with E-state index in [0.717, 1.165) is 36.3 Å². The summed E-state index contributed by atoms with van der Waals surface area (Å²) in [4.78, 5) is 31.7. The van der Waals surface area contributed by atoms with Crippen molar-refractivity contribution in [1.82, 2.24) is 24.6 Å². The number of nitrogens with one attached hydrogen (secondary N) is 1. The fraction of sp³-hybridized carbons (Fsp3) is 0.375. The van der Waals surface area contributed by atoms with Gasteiger partial charge in [-0.05, 0) is 48.2 Å². The number of methoxy groups -OCH3 is 1. The van der Waals surface area contributed by atoms with Gasteiger partial charge in [-0.25, -0.2) is 4.98 Å². The van der Waals surface area contributed by atoms with Crippen LogP contribution in [0.25, 0.3) is 11.5 Å². The number of carbonyl (C=O) groups is 2. The van der Waals surface area contributed by atoms with Crippen molar-refractivity contribution < 1.29 is 19.4 Å². The van der Waals surface area contributed by atoms with E-state index in [-0.39, 0.29) is 24.8 Å². The highest BCUT2D eigenvalue weighted by Crippen LogP contribution is 2.29. The van der Waals surface area contributed by atoms with Gasteiger partial charge in [-0.2, -0.15) is 0 Å². The second-order valence-electron chi connectivity index (χ2n) is 8.42. The number of hydrogen-bond donors (Lipinski definition) is 2. The lowest BCUT2D eigenvalue weighted by Gasteiger charge is -2.29. The third-order valence-corrected chi connectivity index (χ3v) is 6.29. The van der Waals surface area contributed by atoms with Crippen LogP contribution in [-0.2, 0) is 30.7 Å². The molecule has 5 rings (SSSR count). The average molecular weight is 463 g/mol. The molecule has 0 aliphatic carbocycles. The van der Waals surface area contributed by atoms with Crippen LogP contribution in [-0.4, -0.2) is 61.8 Å². The molecule has 3 aromatic rings. The van der Waals surface area contributed by atoms with E-state index in [1.165, 1.54) is 7.11 Å². The van der Waals surface area contributed by atoms with E-state index in [1.54, 1.807) is 17.0 Å². The molecule has 1 aromatic carbocycles. The molecule has 34 heavy (non-hydrogen) atoms. The van der Waals surface area contributed by atoms with Crippen molar-refractivity contribution in [1.29, 1.82) is 0 Å². The largest absolute Gasteiger partial charge is 0.496 e. The summed E-state index contributed by atoms with van der Waals surface area (Å²) in [5.41, 5.74) is 2.95. The molecule has 2 aliphatic heterocycles. The lowest BCUT2D eigenvalue weighted by molar-refractivity contribution is -0.132. The number of ether oxygens (including phenoxy) is 1. The molecule has 4 heterocycles. The Morgan fingerprint density at radius 2 is 2.03 bits per heavy atom. The quantitative estimate of drug-likeness (QED) is 0.573. The molecule has 0 saturated carbocycles. The van der Waals surface area contributed by atoms with Crippen molar-refractivity contribution in [2.45, 2.75) is 38.8 Å². The van der Waals surface area contributed by atoms with Gasteiger partial charge in [-0.1, -0.05) is 6.07 Å². The normalized spacial score (nSPS) is 14.5. The molecule has 2 amide bonds. The first-order valence-electron chi connectivity index (χ1n) is 11.4. The third-order valence-electron chi connectivity index (χ3n) is 6.29. The first-order chi connectivity index (χ1) is 16.6. The van der Waals surface area contributed by atoms with Crippen LogP contribution in [0.1, 0.15) is 40.2 Å². The second kappa shape index (κ2) is 9.22. The van der Waals surface area contributed by atoms with Gasteiger partial charge in [0.15, 0.2) is 5.82 Å². The maximum absolute atomic E-state index is 13.2. The topological polar surface area (TPSA) is 122 Å². The average Bonchev–Trinajstić information content (AvgIpc) is 3.47. The second-order valence-corrected chi connectivity index (χ2v) is 8.42. The number of aryl methyl sites for hydroxylation is 1. The zero-order chi connectivity index (χ0) is 23.7. The summed E-state index contributed by atoms with van der Waals surface area (Å²) in [5.74, 6) is 2.07. The molecule has 0 spiro atoms. The number of amides is 2. The number of carbonyl (C=O) groups excluding carboxylic acids is 2. The van der Waals surface area contributed by atoms with E-state index in [4.69, 9.17) is 9.84 Å². The minimum atomic E-state index is -0.352. The highest BCUT2D eigenvalue weighted by Gasteiger charge is 2.25. The predicted octanol–water partition coefficient (Wildman–Crippen LogP) is 1.81. The summed E-state index contributed by atoms with van der Waals surface area (Å²) in [5, 5.41) is 20.4. The van der Waals surface area contributed by atoms with Gasteiger partial charge >= 0.3 is 0 Å². The maximum atomic E-state index is 13.2. The van der Waals surface area contributed by atoms with Gasteiger partial charge in [0.1, 0.15) is 23.1 Å². The Morgan fingerprint density at radius 3 is 2.85 bits per heavy atom. The molecule has 2 aromatic heterocycles. The van der Waals surface area contributed by atoms with Gasteiger partial charge in [0, 0.05) is 32.5 Å². The number of rotatable bonds is 6. The van der Waals surface area contributed by atoms with Crippen molar-refractivity contribution in [3.8, 4) is 17.3 Å². The monoisotopic (exact) mass is 462 g/mol. The van der Waals surface area contributed by atoms with E-state index in [0.29, 0.717) is 48.2 Å². The molecular weight excluding hydrogens is 436 g/mol. The summed E-state index contributed by atoms with van der Waals surface area (Å²) < 4.78 is 7.56. The van der Waals surface area contributed by atoms with Gasteiger partial charge in [-0.3, -0.25) is 9.59 Å². The van der Waals surface area contributed by atoms with Gasteiger partial charge in [0.05, 0.1) is 19.3 Å². The molecule has 176 valence electrons. The fourth-order valence-electron chi connectivity index (χ4n) is 4.55. The minimum absolute atomic E-state index is 0.0933. The van der Waals surface area contributed by atoms with Crippen LogP contribution in [0.3, 0.4) is 0 Å². The van der Waals surface area contributed by atoms with Crippen molar-refractivity contribution >= 4 is 17.6 Å².